The van der Waals surface area contributed by atoms with Gasteiger partial charge in [-0.1, -0.05) is 0 Å². The summed E-state index contributed by atoms with van der Waals surface area (Å²) in [5.41, 5.74) is 0. The molecule has 0 aromatic carbocycles. The van der Waals surface area contributed by atoms with E-state index in [4.69, 9.17) is 14.9 Å². The summed E-state index contributed by atoms with van der Waals surface area (Å²) in [4.78, 5) is 10.7. The molecule has 0 radical (unpaired) electrons. The van der Waals surface area contributed by atoms with Gasteiger partial charge in [-0.15, -0.1) is 0 Å². The lowest BCUT2D eigenvalue weighted by atomic mass is 9.93. The highest BCUT2D eigenvalue weighted by molar-refractivity contribution is 5.75. The van der Waals surface area contributed by atoms with Crippen molar-refractivity contribution in [1.29, 1.82) is 0 Å². The number of hydrogen-bond donors (Lipinski definition) is 6. The molecule has 1 aliphatic rings. The fourth-order valence-electron chi connectivity index (χ4n) is 1.72. The van der Waals surface area contributed by atoms with Gasteiger partial charge in [0.1, 0.15) is 12.2 Å². The van der Waals surface area contributed by atoms with Crippen LogP contribution >= 0.6 is 0 Å². The van der Waals surface area contributed by atoms with Crippen LogP contribution in [0.15, 0.2) is 0 Å². The Bertz CT molecular complexity index is 282. The van der Waals surface area contributed by atoms with Gasteiger partial charge in [-0.05, 0) is 0 Å². The number of aliphatic hydroxyl groups is 5. The number of aliphatic hydroxyl groups excluding tert-OH is 4. The lowest BCUT2D eigenvalue weighted by Gasteiger charge is -2.39. The Hall–Kier alpha value is -0.770. The molecular formula is C9H16O8. The number of ether oxygens (including phenoxy) is 1. The minimum atomic E-state index is -2.60. The predicted molar refractivity (Wildman–Crippen MR) is 51.8 cm³/mol. The third-order valence-corrected chi connectivity index (χ3v) is 2.66. The largest absolute Gasteiger partial charge is 0.477 e. The average molecular weight is 252 g/mol. The molecule has 6 N–H and O–H groups in total. The molecule has 17 heavy (non-hydrogen) atoms. The number of carboxylic acid groups (broad SMARTS) is 1. The van der Waals surface area contributed by atoms with Crippen molar-refractivity contribution in [2.24, 2.45) is 0 Å². The third-order valence-electron chi connectivity index (χ3n) is 2.66. The van der Waals surface area contributed by atoms with E-state index < -0.39 is 49.2 Å². The molecule has 1 aliphatic heterocycles. The van der Waals surface area contributed by atoms with Crippen LogP contribution in [-0.2, 0) is 9.53 Å². The summed E-state index contributed by atoms with van der Waals surface area (Å²) >= 11 is 0. The van der Waals surface area contributed by atoms with Gasteiger partial charge in [-0.3, -0.25) is 0 Å². The quantitative estimate of drug-likeness (QED) is 0.310. The first-order valence-corrected chi connectivity index (χ1v) is 5.09. The number of rotatable bonds is 4. The van der Waals surface area contributed by atoms with E-state index in [1.165, 1.54) is 0 Å². The molecule has 1 heterocycles. The molecule has 1 fully saturated rings. The smallest absolute Gasteiger partial charge is 0.364 e. The van der Waals surface area contributed by atoms with Gasteiger partial charge in [-0.2, -0.15) is 0 Å². The van der Waals surface area contributed by atoms with E-state index in [1.54, 1.807) is 0 Å². The van der Waals surface area contributed by atoms with Crippen LogP contribution in [0.25, 0.3) is 0 Å². The molecule has 0 saturated carbocycles. The molecule has 8 nitrogen and oxygen atoms in total. The van der Waals surface area contributed by atoms with E-state index in [1.807, 2.05) is 0 Å². The highest BCUT2D eigenvalue weighted by atomic mass is 16.7. The summed E-state index contributed by atoms with van der Waals surface area (Å²) in [6, 6.07) is 0. The fraction of sp³-hybridized carbons (Fsp3) is 0.889. The molecule has 8 heteroatoms. The van der Waals surface area contributed by atoms with Crippen molar-refractivity contribution in [1.82, 2.24) is 0 Å². The van der Waals surface area contributed by atoms with Crippen molar-refractivity contribution in [3.05, 3.63) is 0 Å². The molecule has 100 valence electrons. The van der Waals surface area contributed by atoms with Crippen LogP contribution in [0.4, 0.5) is 0 Å². The van der Waals surface area contributed by atoms with Gasteiger partial charge in [0.15, 0.2) is 0 Å². The first-order valence-electron chi connectivity index (χ1n) is 5.09. The second kappa shape index (κ2) is 5.25. The molecular weight excluding hydrogens is 236 g/mol. The molecule has 2 unspecified atom stereocenters. The Morgan fingerprint density at radius 1 is 1.47 bits per heavy atom. The van der Waals surface area contributed by atoms with Crippen molar-refractivity contribution < 1.29 is 40.2 Å². The summed E-state index contributed by atoms with van der Waals surface area (Å²) < 4.78 is 4.77. The van der Waals surface area contributed by atoms with Crippen LogP contribution < -0.4 is 0 Å². The zero-order chi connectivity index (χ0) is 13.2. The fourth-order valence-corrected chi connectivity index (χ4v) is 1.72. The van der Waals surface area contributed by atoms with E-state index >= 15 is 0 Å². The summed E-state index contributed by atoms with van der Waals surface area (Å²) in [7, 11) is 0. The van der Waals surface area contributed by atoms with Gasteiger partial charge in [0.05, 0.1) is 18.8 Å². The predicted octanol–water partition coefficient (Wildman–Crippen LogP) is -2.99. The van der Waals surface area contributed by atoms with E-state index in [2.05, 4.69) is 0 Å². The summed E-state index contributed by atoms with van der Waals surface area (Å²) in [6.45, 7) is -0.747. The van der Waals surface area contributed by atoms with Gasteiger partial charge < -0.3 is 35.4 Å². The normalized spacial score (nSPS) is 37.5. The van der Waals surface area contributed by atoms with Gasteiger partial charge in [-0.25, -0.2) is 4.79 Å². The van der Waals surface area contributed by atoms with Crippen LogP contribution in [0.1, 0.15) is 12.8 Å². The first kappa shape index (κ1) is 14.3. The maximum absolute atomic E-state index is 10.7. The topological polar surface area (TPSA) is 148 Å². The molecule has 0 aromatic heterocycles. The zero-order valence-corrected chi connectivity index (χ0v) is 8.93. The Kier molecular flexibility index (Phi) is 4.42. The lowest BCUT2D eigenvalue weighted by molar-refractivity contribution is -0.288. The average Bonchev–Trinajstić information content (AvgIpc) is 2.25. The number of carbonyl (C=O) groups is 1. The molecule has 0 aliphatic carbocycles. The van der Waals surface area contributed by atoms with Gasteiger partial charge >= 0.3 is 5.97 Å². The Labute approximate surface area is 96.7 Å². The molecule has 0 bridgehead atoms. The zero-order valence-electron chi connectivity index (χ0n) is 8.93. The van der Waals surface area contributed by atoms with Crippen molar-refractivity contribution in [2.45, 2.75) is 43.0 Å². The number of aliphatic carboxylic acids is 1. The summed E-state index contributed by atoms with van der Waals surface area (Å²) in [6.07, 6.45) is -6.27. The summed E-state index contributed by atoms with van der Waals surface area (Å²) in [5.74, 6) is -4.29. The summed E-state index contributed by atoms with van der Waals surface area (Å²) in [5, 5.41) is 55.0. The second-order valence-corrected chi connectivity index (χ2v) is 4.08. The second-order valence-electron chi connectivity index (χ2n) is 4.08. The lowest BCUT2D eigenvalue weighted by Crippen LogP contribution is -2.56. The minimum absolute atomic E-state index is 0.145. The molecule has 0 aromatic rings. The highest BCUT2D eigenvalue weighted by Crippen LogP contribution is 2.29. The molecule has 5 atom stereocenters. The molecule has 0 spiro atoms. The maximum atomic E-state index is 10.7. The van der Waals surface area contributed by atoms with Gasteiger partial charge in [0.2, 0.25) is 0 Å². The van der Waals surface area contributed by atoms with Crippen LogP contribution in [0.5, 0.6) is 0 Å². The Morgan fingerprint density at radius 3 is 2.53 bits per heavy atom. The van der Waals surface area contributed by atoms with Crippen LogP contribution in [0.2, 0.25) is 0 Å². The van der Waals surface area contributed by atoms with E-state index in [0.717, 1.165) is 0 Å². The number of hydrogen-bond acceptors (Lipinski definition) is 7. The third kappa shape index (κ3) is 3.12. The Balaban J connectivity index is 2.78. The minimum Gasteiger partial charge on any atom is -0.477 e. The van der Waals surface area contributed by atoms with Gasteiger partial charge in [0.25, 0.3) is 5.79 Å². The van der Waals surface area contributed by atoms with Crippen LogP contribution in [0, 0.1) is 0 Å². The van der Waals surface area contributed by atoms with Crippen LogP contribution in [0.3, 0.4) is 0 Å². The monoisotopic (exact) mass is 252 g/mol. The Morgan fingerprint density at radius 2 is 2.06 bits per heavy atom. The van der Waals surface area contributed by atoms with E-state index in [-0.39, 0.29) is 6.42 Å². The van der Waals surface area contributed by atoms with E-state index in [0.29, 0.717) is 0 Å². The number of carboxylic acids is 1. The van der Waals surface area contributed by atoms with Crippen molar-refractivity contribution >= 4 is 5.97 Å². The maximum Gasteiger partial charge on any atom is 0.364 e. The molecule has 0 amide bonds. The van der Waals surface area contributed by atoms with Crippen molar-refractivity contribution in [2.75, 3.05) is 6.61 Å². The van der Waals surface area contributed by atoms with E-state index in [9.17, 15) is 25.2 Å². The van der Waals surface area contributed by atoms with Crippen LogP contribution in [-0.4, -0.2) is 73.4 Å². The standard InChI is InChI=1S/C9H16O8/c10-3-5(12)7(13)6-1-4(11)2-9(16,17-6)8(14)15/h4-7,10-13,16H,1-3H2,(H,14,15)/t4-,5-,6?,7?,9-/m1/s1. The first-order chi connectivity index (χ1) is 7.80. The SMILES string of the molecule is O=C(O)[C@@]1(O)C[C@H](O)CC(C(O)[C@H](O)CO)O1. The van der Waals surface area contributed by atoms with Crippen molar-refractivity contribution in [3.8, 4) is 0 Å². The van der Waals surface area contributed by atoms with Gasteiger partial charge in [0, 0.05) is 12.8 Å². The molecule has 1 saturated heterocycles. The highest BCUT2D eigenvalue weighted by Gasteiger charge is 2.48. The van der Waals surface area contributed by atoms with Crippen molar-refractivity contribution in [3.63, 3.8) is 0 Å². The molecule has 1 rings (SSSR count).